The third kappa shape index (κ3) is 4.09. The van der Waals surface area contributed by atoms with Crippen LogP contribution in [0.5, 0.6) is 0 Å². The number of hydrogen-bond acceptors (Lipinski definition) is 3. The van der Waals surface area contributed by atoms with Crippen molar-refractivity contribution in [2.45, 2.75) is 26.2 Å². The number of aliphatic hydroxyl groups excluding tert-OH is 1. The van der Waals surface area contributed by atoms with E-state index >= 15 is 0 Å². The number of rotatable bonds is 6. The lowest BCUT2D eigenvalue weighted by atomic mass is 9.96. The minimum absolute atomic E-state index is 0.0844. The van der Waals surface area contributed by atoms with Crippen LogP contribution in [-0.2, 0) is 0 Å². The van der Waals surface area contributed by atoms with Gasteiger partial charge >= 0.3 is 0 Å². The highest BCUT2D eigenvalue weighted by molar-refractivity contribution is 5.98. The quantitative estimate of drug-likeness (QED) is 0.713. The van der Waals surface area contributed by atoms with E-state index in [2.05, 4.69) is 10.3 Å². The Morgan fingerprint density at radius 3 is 2.62 bits per heavy atom. The van der Waals surface area contributed by atoms with E-state index in [0.29, 0.717) is 18.5 Å². The minimum atomic E-state index is -0.128. The Bertz CT molecular complexity index is 907. The molecule has 3 aromatic rings. The number of aryl methyl sites for hydroxylation is 2. The van der Waals surface area contributed by atoms with Crippen LogP contribution in [0.2, 0.25) is 0 Å². The summed E-state index contributed by atoms with van der Waals surface area (Å²) in [6, 6.07) is 17.9. The maximum absolute atomic E-state index is 12.7. The minimum Gasteiger partial charge on any atom is -0.396 e. The van der Waals surface area contributed by atoms with Gasteiger partial charge in [0.25, 0.3) is 5.91 Å². The second-order valence-corrected chi connectivity index (χ2v) is 6.65. The topological polar surface area (TPSA) is 62.2 Å². The summed E-state index contributed by atoms with van der Waals surface area (Å²) in [7, 11) is 0. The van der Waals surface area contributed by atoms with Crippen molar-refractivity contribution in [2.24, 2.45) is 0 Å². The zero-order valence-corrected chi connectivity index (χ0v) is 15.2. The van der Waals surface area contributed by atoms with Gasteiger partial charge in [-0.2, -0.15) is 0 Å². The van der Waals surface area contributed by atoms with Crippen LogP contribution in [0.3, 0.4) is 0 Å². The van der Waals surface area contributed by atoms with E-state index in [0.717, 1.165) is 27.7 Å². The average Bonchev–Trinajstić information content (AvgIpc) is 2.65. The van der Waals surface area contributed by atoms with Crippen LogP contribution in [0, 0.1) is 13.8 Å². The molecule has 1 unspecified atom stereocenters. The molecule has 4 heteroatoms. The highest BCUT2D eigenvalue weighted by Crippen LogP contribution is 2.20. The molecular formula is C22H24N2O2. The van der Waals surface area contributed by atoms with Crippen molar-refractivity contribution in [3.05, 3.63) is 77.0 Å². The van der Waals surface area contributed by atoms with Gasteiger partial charge in [0.2, 0.25) is 0 Å². The molecule has 1 aromatic heterocycles. The lowest BCUT2D eigenvalue weighted by Crippen LogP contribution is -2.29. The highest BCUT2D eigenvalue weighted by atomic mass is 16.3. The zero-order chi connectivity index (χ0) is 18.5. The molecule has 0 aliphatic heterocycles. The van der Waals surface area contributed by atoms with E-state index in [1.807, 2.05) is 68.4 Å². The number of pyridine rings is 1. The van der Waals surface area contributed by atoms with Crippen LogP contribution in [0.15, 0.2) is 54.6 Å². The molecule has 26 heavy (non-hydrogen) atoms. The largest absolute Gasteiger partial charge is 0.396 e. The maximum atomic E-state index is 12.7. The molecule has 0 bridgehead atoms. The first-order valence-corrected chi connectivity index (χ1v) is 8.90. The van der Waals surface area contributed by atoms with Crippen molar-refractivity contribution >= 4 is 16.8 Å². The fourth-order valence-corrected chi connectivity index (χ4v) is 3.20. The molecule has 0 spiro atoms. The third-order valence-electron chi connectivity index (χ3n) is 4.66. The van der Waals surface area contributed by atoms with Crippen LogP contribution in [0.1, 0.15) is 39.5 Å². The van der Waals surface area contributed by atoms with Crippen LogP contribution in [0.25, 0.3) is 10.9 Å². The summed E-state index contributed by atoms with van der Waals surface area (Å²) < 4.78 is 0. The normalized spacial score (nSPS) is 12.1. The van der Waals surface area contributed by atoms with Crippen molar-refractivity contribution in [1.82, 2.24) is 10.3 Å². The number of benzene rings is 2. The number of hydrogen-bond donors (Lipinski definition) is 2. The molecule has 0 saturated heterocycles. The van der Waals surface area contributed by atoms with Crippen LogP contribution < -0.4 is 5.32 Å². The van der Waals surface area contributed by atoms with E-state index in [1.54, 1.807) is 0 Å². The van der Waals surface area contributed by atoms with E-state index in [-0.39, 0.29) is 18.4 Å². The number of nitrogens with zero attached hydrogens (tertiary/aromatic N) is 1. The molecule has 1 atom stereocenters. The molecule has 1 heterocycles. The van der Waals surface area contributed by atoms with Crippen molar-refractivity contribution in [3.63, 3.8) is 0 Å². The van der Waals surface area contributed by atoms with Gasteiger partial charge in [0, 0.05) is 24.5 Å². The van der Waals surface area contributed by atoms with Gasteiger partial charge in [0.05, 0.1) is 16.8 Å². The van der Waals surface area contributed by atoms with Gasteiger partial charge < -0.3 is 10.4 Å². The number of fused-ring (bicyclic) bond motifs is 1. The molecule has 4 nitrogen and oxygen atoms in total. The van der Waals surface area contributed by atoms with E-state index in [9.17, 15) is 9.90 Å². The second-order valence-electron chi connectivity index (χ2n) is 6.65. The van der Waals surface area contributed by atoms with Gasteiger partial charge in [-0.1, -0.05) is 42.0 Å². The molecule has 0 aliphatic rings. The summed E-state index contributed by atoms with van der Waals surface area (Å²) in [6.45, 7) is 4.45. The number of carbonyl (C=O) groups excluding carboxylic acids is 1. The number of amides is 1. The smallest absolute Gasteiger partial charge is 0.253 e. The Balaban J connectivity index is 1.78. The first-order chi connectivity index (χ1) is 12.6. The molecule has 2 aromatic carbocycles. The lowest BCUT2D eigenvalue weighted by Gasteiger charge is -2.17. The molecule has 0 saturated carbocycles. The number of aromatic nitrogens is 1. The third-order valence-corrected chi connectivity index (χ3v) is 4.66. The van der Waals surface area contributed by atoms with Gasteiger partial charge in [-0.05, 0) is 44.0 Å². The predicted molar refractivity (Wildman–Crippen MR) is 104 cm³/mol. The summed E-state index contributed by atoms with van der Waals surface area (Å²) in [4.78, 5) is 17.3. The van der Waals surface area contributed by atoms with Gasteiger partial charge in [-0.15, -0.1) is 0 Å². The fraction of sp³-hybridized carbons (Fsp3) is 0.273. The maximum Gasteiger partial charge on any atom is 0.253 e. The first-order valence-electron chi connectivity index (χ1n) is 8.90. The Labute approximate surface area is 153 Å². The standard InChI is InChI=1S/C22H24N2O2/c1-15-8-9-21-19(12-15)13-20(16(2)24-21)22(26)23-14-18(10-11-25)17-6-4-3-5-7-17/h3-9,12-13,18,25H,10-11,14H2,1-2H3,(H,23,26). The summed E-state index contributed by atoms with van der Waals surface area (Å²) in [5, 5.41) is 13.3. The summed E-state index contributed by atoms with van der Waals surface area (Å²) >= 11 is 0. The van der Waals surface area contributed by atoms with Crippen molar-refractivity contribution in [2.75, 3.05) is 13.2 Å². The van der Waals surface area contributed by atoms with Crippen molar-refractivity contribution in [1.29, 1.82) is 0 Å². The molecule has 1 amide bonds. The Morgan fingerprint density at radius 2 is 1.88 bits per heavy atom. The molecule has 3 rings (SSSR count). The number of aliphatic hydroxyl groups is 1. The summed E-state index contributed by atoms with van der Waals surface area (Å²) in [6.07, 6.45) is 0.610. The second kappa shape index (κ2) is 8.11. The Kier molecular flexibility index (Phi) is 5.64. The average molecular weight is 348 g/mol. The fourth-order valence-electron chi connectivity index (χ4n) is 3.20. The lowest BCUT2D eigenvalue weighted by molar-refractivity contribution is 0.0948. The van der Waals surface area contributed by atoms with Crippen molar-refractivity contribution < 1.29 is 9.90 Å². The zero-order valence-electron chi connectivity index (χ0n) is 15.2. The molecule has 0 fully saturated rings. The monoisotopic (exact) mass is 348 g/mol. The number of carbonyl (C=O) groups is 1. The van der Waals surface area contributed by atoms with Crippen LogP contribution in [0.4, 0.5) is 0 Å². The van der Waals surface area contributed by atoms with Gasteiger partial charge in [-0.3, -0.25) is 9.78 Å². The van der Waals surface area contributed by atoms with Crippen molar-refractivity contribution in [3.8, 4) is 0 Å². The summed E-state index contributed by atoms with van der Waals surface area (Å²) in [5.41, 5.74) is 4.47. The molecule has 2 N–H and O–H groups in total. The molecule has 0 radical (unpaired) electrons. The SMILES string of the molecule is Cc1ccc2nc(C)c(C(=O)NCC(CCO)c3ccccc3)cc2c1. The van der Waals surface area contributed by atoms with Crippen LogP contribution >= 0.6 is 0 Å². The summed E-state index contributed by atoms with van der Waals surface area (Å²) in [5.74, 6) is -0.0432. The Hall–Kier alpha value is -2.72. The Morgan fingerprint density at radius 1 is 1.12 bits per heavy atom. The van der Waals surface area contributed by atoms with E-state index in [4.69, 9.17) is 0 Å². The van der Waals surface area contributed by atoms with Gasteiger partial charge in [0.15, 0.2) is 0 Å². The molecule has 134 valence electrons. The first kappa shape index (κ1) is 18.1. The van der Waals surface area contributed by atoms with Crippen LogP contribution in [-0.4, -0.2) is 29.1 Å². The van der Waals surface area contributed by atoms with Gasteiger partial charge in [0.1, 0.15) is 0 Å². The molecule has 0 aliphatic carbocycles. The van der Waals surface area contributed by atoms with E-state index in [1.165, 1.54) is 0 Å². The number of nitrogens with one attached hydrogen (secondary N) is 1. The predicted octanol–water partition coefficient (Wildman–Crippen LogP) is 3.75. The highest BCUT2D eigenvalue weighted by Gasteiger charge is 2.15. The molecular weight excluding hydrogens is 324 g/mol. The van der Waals surface area contributed by atoms with E-state index < -0.39 is 0 Å². The van der Waals surface area contributed by atoms with Gasteiger partial charge in [-0.25, -0.2) is 0 Å².